The number of aryl methyl sites for hydroxylation is 1. The molecule has 20 heavy (non-hydrogen) atoms. The highest BCUT2D eigenvalue weighted by Gasteiger charge is 2.17. The van der Waals surface area contributed by atoms with E-state index in [1.165, 1.54) is 0 Å². The number of nitrogens with one attached hydrogen (secondary N) is 1. The van der Waals surface area contributed by atoms with Gasteiger partial charge in [0.2, 0.25) is 0 Å². The minimum Gasteiger partial charge on any atom is -0.319 e. The molecule has 1 amide bonds. The average molecular weight is 344 g/mol. The smallest absolute Gasteiger partial charge is 0.256 e. The van der Waals surface area contributed by atoms with Crippen LogP contribution in [0.1, 0.15) is 15.9 Å². The topological polar surface area (TPSA) is 29.1 Å². The number of rotatable bonds is 2. The van der Waals surface area contributed by atoms with E-state index in [0.29, 0.717) is 4.47 Å². The summed E-state index contributed by atoms with van der Waals surface area (Å²) in [4.78, 5) is 12.0. The molecule has 104 valence electrons. The molecule has 2 rings (SSSR count). The van der Waals surface area contributed by atoms with Crippen molar-refractivity contribution >= 4 is 27.5 Å². The third kappa shape index (κ3) is 2.85. The molecule has 0 atom stereocenters. The van der Waals surface area contributed by atoms with Gasteiger partial charge in [0.25, 0.3) is 5.91 Å². The maximum atomic E-state index is 13.5. The molecule has 0 unspecified atom stereocenters. The molecule has 1 N–H and O–H groups in total. The summed E-state index contributed by atoms with van der Waals surface area (Å²) in [5.41, 5.74) is 0.786. The highest BCUT2D eigenvalue weighted by molar-refractivity contribution is 9.10. The van der Waals surface area contributed by atoms with Gasteiger partial charge in [0, 0.05) is 4.47 Å². The van der Waals surface area contributed by atoms with Crippen molar-refractivity contribution in [1.82, 2.24) is 0 Å². The zero-order valence-corrected chi connectivity index (χ0v) is 11.9. The van der Waals surface area contributed by atoms with Crippen LogP contribution >= 0.6 is 15.9 Å². The van der Waals surface area contributed by atoms with Crippen molar-refractivity contribution in [3.05, 3.63) is 63.4 Å². The number of hydrogen-bond donors (Lipinski definition) is 1. The van der Waals surface area contributed by atoms with Gasteiger partial charge in [-0.1, -0.05) is 6.07 Å². The van der Waals surface area contributed by atoms with E-state index in [2.05, 4.69) is 21.2 Å². The molecule has 0 radical (unpaired) electrons. The average Bonchev–Trinajstić information content (AvgIpc) is 2.39. The third-order valence-corrected chi connectivity index (χ3v) is 3.31. The molecular weight excluding hydrogens is 335 g/mol. The fraction of sp³-hybridized carbons (Fsp3) is 0.0714. The van der Waals surface area contributed by atoms with Crippen molar-refractivity contribution in [2.45, 2.75) is 6.92 Å². The summed E-state index contributed by atoms with van der Waals surface area (Å²) in [5, 5.41) is 2.20. The van der Waals surface area contributed by atoms with E-state index >= 15 is 0 Å². The lowest BCUT2D eigenvalue weighted by atomic mass is 10.1. The van der Waals surface area contributed by atoms with E-state index in [1.807, 2.05) is 6.92 Å². The molecule has 0 aliphatic heterocycles. The van der Waals surface area contributed by atoms with Crippen LogP contribution in [0.3, 0.4) is 0 Å². The molecule has 0 aliphatic rings. The van der Waals surface area contributed by atoms with E-state index in [-0.39, 0.29) is 5.56 Å². The van der Waals surface area contributed by atoms with Crippen LogP contribution in [0.15, 0.2) is 34.8 Å². The molecule has 2 nitrogen and oxygen atoms in total. The first-order valence-corrected chi connectivity index (χ1v) is 6.40. The van der Waals surface area contributed by atoms with Crippen LogP contribution in [0.2, 0.25) is 0 Å². The van der Waals surface area contributed by atoms with E-state index in [9.17, 15) is 18.0 Å². The number of anilines is 1. The Bertz CT molecular complexity index is 688. The van der Waals surface area contributed by atoms with Crippen LogP contribution in [-0.4, -0.2) is 5.91 Å². The molecule has 0 saturated heterocycles. The molecule has 2 aromatic carbocycles. The van der Waals surface area contributed by atoms with E-state index in [4.69, 9.17) is 0 Å². The zero-order valence-electron chi connectivity index (χ0n) is 10.3. The second-order valence-corrected chi connectivity index (χ2v) is 5.01. The molecule has 0 bridgehead atoms. The maximum Gasteiger partial charge on any atom is 0.256 e. The van der Waals surface area contributed by atoms with E-state index in [1.54, 1.807) is 18.2 Å². The predicted molar refractivity (Wildman–Crippen MR) is 73.1 cm³/mol. The van der Waals surface area contributed by atoms with Crippen molar-refractivity contribution in [1.29, 1.82) is 0 Å². The Morgan fingerprint density at radius 3 is 2.45 bits per heavy atom. The molecule has 0 spiro atoms. The normalized spacial score (nSPS) is 10.4. The fourth-order valence-electron chi connectivity index (χ4n) is 1.62. The van der Waals surface area contributed by atoms with Crippen molar-refractivity contribution in [2.24, 2.45) is 0 Å². The standard InChI is InChI=1S/C14H9BrF3NO/c1-7-2-3-8(9(15)6-7)14(20)19-11-5-4-10(16)12(17)13(11)18/h2-6H,1H3,(H,19,20). The summed E-state index contributed by atoms with van der Waals surface area (Å²) < 4.78 is 39.8. The largest absolute Gasteiger partial charge is 0.319 e. The van der Waals surface area contributed by atoms with Crippen LogP contribution in [0, 0.1) is 24.4 Å². The predicted octanol–water partition coefficient (Wildman–Crippen LogP) is 4.43. The Balaban J connectivity index is 2.30. The molecule has 0 heterocycles. The summed E-state index contributed by atoms with van der Waals surface area (Å²) in [5.74, 6) is -4.98. The van der Waals surface area contributed by atoms with Crippen molar-refractivity contribution in [3.8, 4) is 0 Å². The first-order chi connectivity index (χ1) is 9.40. The summed E-state index contributed by atoms with van der Waals surface area (Å²) >= 11 is 3.22. The molecule has 6 heteroatoms. The van der Waals surface area contributed by atoms with Gasteiger partial charge in [0.15, 0.2) is 17.5 Å². The number of carbonyl (C=O) groups is 1. The highest BCUT2D eigenvalue weighted by Crippen LogP contribution is 2.23. The van der Waals surface area contributed by atoms with Gasteiger partial charge in [-0.3, -0.25) is 4.79 Å². The number of hydrogen-bond acceptors (Lipinski definition) is 1. The van der Waals surface area contributed by atoms with Crippen molar-refractivity contribution < 1.29 is 18.0 Å². The van der Waals surface area contributed by atoms with Gasteiger partial charge in [-0.25, -0.2) is 13.2 Å². The van der Waals surface area contributed by atoms with Gasteiger partial charge in [0.1, 0.15) is 0 Å². The number of carbonyl (C=O) groups excluding carboxylic acids is 1. The SMILES string of the molecule is Cc1ccc(C(=O)Nc2ccc(F)c(F)c2F)c(Br)c1. The number of benzene rings is 2. The molecule has 2 aromatic rings. The lowest BCUT2D eigenvalue weighted by molar-refractivity contribution is 0.102. The Kier molecular flexibility index (Phi) is 4.13. The maximum absolute atomic E-state index is 13.5. The van der Waals surface area contributed by atoms with Gasteiger partial charge in [-0.15, -0.1) is 0 Å². The van der Waals surface area contributed by atoms with Crippen molar-refractivity contribution in [2.75, 3.05) is 5.32 Å². The van der Waals surface area contributed by atoms with Gasteiger partial charge < -0.3 is 5.32 Å². The van der Waals surface area contributed by atoms with Gasteiger partial charge in [-0.05, 0) is 52.7 Å². The Morgan fingerprint density at radius 2 is 1.80 bits per heavy atom. The van der Waals surface area contributed by atoms with Gasteiger partial charge in [0.05, 0.1) is 11.3 Å². The third-order valence-electron chi connectivity index (χ3n) is 2.65. The minimum atomic E-state index is -1.62. The quantitative estimate of drug-likeness (QED) is 0.803. The molecule has 0 saturated carbocycles. The van der Waals surface area contributed by atoms with Crippen LogP contribution in [0.25, 0.3) is 0 Å². The summed E-state index contributed by atoms with van der Waals surface area (Å²) in [7, 11) is 0. The number of halogens is 4. The first-order valence-electron chi connectivity index (χ1n) is 5.61. The Hall–Kier alpha value is -1.82. The van der Waals surface area contributed by atoms with Crippen LogP contribution in [0.4, 0.5) is 18.9 Å². The fourth-order valence-corrected chi connectivity index (χ4v) is 2.29. The van der Waals surface area contributed by atoms with Crippen LogP contribution in [-0.2, 0) is 0 Å². The number of amides is 1. The van der Waals surface area contributed by atoms with Crippen LogP contribution < -0.4 is 5.32 Å². The highest BCUT2D eigenvalue weighted by atomic mass is 79.9. The van der Waals surface area contributed by atoms with Crippen LogP contribution in [0.5, 0.6) is 0 Å². The lowest BCUT2D eigenvalue weighted by Crippen LogP contribution is -2.14. The summed E-state index contributed by atoms with van der Waals surface area (Å²) in [6, 6.07) is 6.69. The molecular formula is C14H9BrF3NO. The van der Waals surface area contributed by atoms with E-state index < -0.39 is 29.0 Å². The molecule has 0 aromatic heterocycles. The van der Waals surface area contributed by atoms with Gasteiger partial charge in [-0.2, -0.15) is 0 Å². The second kappa shape index (κ2) is 5.66. The summed E-state index contributed by atoms with van der Waals surface area (Å²) in [6.07, 6.45) is 0. The molecule has 0 fully saturated rings. The Morgan fingerprint density at radius 1 is 1.10 bits per heavy atom. The minimum absolute atomic E-state index is 0.264. The van der Waals surface area contributed by atoms with Crippen molar-refractivity contribution in [3.63, 3.8) is 0 Å². The van der Waals surface area contributed by atoms with Gasteiger partial charge >= 0.3 is 0 Å². The lowest BCUT2D eigenvalue weighted by Gasteiger charge is -2.09. The van der Waals surface area contributed by atoms with E-state index in [0.717, 1.165) is 17.7 Å². The first kappa shape index (κ1) is 14.6. The second-order valence-electron chi connectivity index (χ2n) is 4.16. The zero-order chi connectivity index (χ0) is 14.9. The molecule has 0 aliphatic carbocycles. The Labute approximate surface area is 121 Å². The summed E-state index contributed by atoms with van der Waals surface area (Å²) in [6.45, 7) is 1.85. The monoisotopic (exact) mass is 343 g/mol.